The van der Waals surface area contributed by atoms with Gasteiger partial charge in [0.2, 0.25) is 0 Å². The SMILES string of the molecule is CN(C)S(=O)(=O)Nc1ccc(-c2ccc(=O)n(C)n2)cc1. The van der Waals surface area contributed by atoms with Crippen molar-refractivity contribution in [2.75, 3.05) is 18.8 Å². The Morgan fingerprint density at radius 1 is 1.10 bits per heavy atom. The molecule has 2 rings (SSSR count). The second-order valence-corrected chi connectivity index (χ2v) is 6.53. The molecule has 0 aliphatic rings. The molecule has 2 aromatic rings. The van der Waals surface area contributed by atoms with Crippen molar-refractivity contribution in [2.24, 2.45) is 7.05 Å². The number of hydrogen-bond acceptors (Lipinski definition) is 4. The van der Waals surface area contributed by atoms with Crippen LogP contribution in [0.15, 0.2) is 41.2 Å². The summed E-state index contributed by atoms with van der Waals surface area (Å²) in [5, 5.41) is 4.13. The Kier molecular flexibility index (Phi) is 4.10. The predicted octanol–water partition coefficient (Wildman–Crippen LogP) is 0.666. The fraction of sp³-hybridized carbons (Fsp3) is 0.231. The second kappa shape index (κ2) is 5.66. The van der Waals surface area contributed by atoms with Crippen molar-refractivity contribution in [3.05, 3.63) is 46.8 Å². The van der Waals surface area contributed by atoms with Crippen molar-refractivity contribution in [1.82, 2.24) is 14.1 Å². The van der Waals surface area contributed by atoms with Gasteiger partial charge in [-0.1, -0.05) is 12.1 Å². The molecule has 0 saturated carbocycles. The summed E-state index contributed by atoms with van der Waals surface area (Å²) < 4.78 is 28.2. The van der Waals surface area contributed by atoms with Crippen LogP contribution in [0.4, 0.5) is 5.69 Å². The van der Waals surface area contributed by atoms with E-state index in [2.05, 4.69) is 9.82 Å². The summed E-state index contributed by atoms with van der Waals surface area (Å²) in [4.78, 5) is 11.3. The van der Waals surface area contributed by atoms with Crippen molar-refractivity contribution >= 4 is 15.9 Å². The predicted molar refractivity (Wildman–Crippen MR) is 81.1 cm³/mol. The summed E-state index contributed by atoms with van der Waals surface area (Å²) in [5.41, 5.74) is 1.70. The maximum atomic E-state index is 11.7. The highest BCUT2D eigenvalue weighted by atomic mass is 32.2. The van der Waals surface area contributed by atoms with Crippen molar-refractivity contribution in [3.63, 3.8) is 0 Å². The van der Waals surface area contributed by atoms with Gasteiger partial charge in [0.25, 0.3) is 5.56 Å². The second-order valence-electron chi connectivity index (χ2n) is 4.65. The molecule has 21 heavy (non-hydrogen) atoms. The lowest BCUT2D eigenvalue weighted by molar-refractivity contribution is 0.527. The van der Waals surface area contributed by atoms with Crippen LogP contribution in [0.2, 0.25) is 0 Å². The monoisotopic (exact) mass is 308 g/mol. The first-order valence-corrected chi connectivity index (χ1v) is 7.59. The van der Waals surface area contributed by atoms with Crippen molar-refractivity contribution in [1.29, 1.82) is 0 Å². The van der Waals surface area contributed by atoms with Crippen LogP contribution < -0.4 is 10.3 Å². The Morgan fingerprint density at radius 2 is 1.71 bits per heavy atom. The first-order chi connectivity index (χ1) is 9.79. The average Bonchev–Trinajstić information content (AvgIpc) is 2.42. The quantitative estimate of drug-likeness (QED) is 0.899. The lowest BCUT2D eigenvalue weighted by Gasteiger charge is -2.13. The Labute approximate surface area is 123 Å². The normalized spacial score (nSPS) is 11.6. The summed E-state index contributed by atoms with van der Waals surface area (Å²) in [5.74, 6) is 0. The molecule has 1 aromatic heterocycles. The Hall–Kier alpha value is -2.19. The molecule has 0 radical (unpaired) electrons. The third kappa shape index (κ3) is 3.47. The van der Waals surface area contributed by atoms with Gasteiger partial charge in [-0.25, -0.2) is 4.68 Å². The molecule has 7 nitrogen and oxygen atoms in total. The first kappa shape index (κ1) is 15.2. The van der Waals surface area contributed by atoms with Gasteiger partial charge in [0, 0.05) is 38.5 Å². The number of rotatable bonds is 4. The highest BCUT2D eigenvalue weighted by molar-refractivity contribution is 7.90. The van der Waals surface area contributed by atoms with E-state index >= 15 is 0 Å². The third-order valence-electron chi connectivity index (χ3n) is 2.87. The van der Waals surface area contributed by atoms with E-state index in [4.69, 9.17) is 0 Å². The van der Waals surface area contributed by atoms with E-state index in [1.807, 2.05) is 0 Å². The minimum absolute atomic E-state index is 0.186. The van der Waals surface area contributed by atoms with Crippen LogP contribution in [0, 0.1) is 0 Å². The van der Waals surface area contributed by atoms with Gasteiger partial charge in [-0.05, 0) is 18.2 Å². The number of aromatic nitrogens is 2. The standard InChI is InChI=1S/C13H16N4O3S/c1-16(2)21(19,20)15-11-6-4-10(5-7-11)12-8-9-13(18)17(3)14-12/h4-9,15H,1-3H3. The Balaban J connectivity index is 2.27. The van der Waals surface area contributed by atoms with E-state index < -0.39 is 10.2 Å². The van der Waals surface area contributed by atoms with Gasteiger partial charge in [0.1, 0.15) is 0 Å². The first-order valence-electron chi connectivity index (χ1n) is 6.15. The highest BCUT2D eigenvalue weighted by Gasteiger charge is 2.12. The molecule has 0 unspecified atom stereocenters. The topological polar surface area (TPSA) is 84.3 Å². The fourth-order valence-electron chi connectivity index (χ4n) is 1.61. The smallest absolute Gasteiger partial charge is 0.271 e. The summed E-state index contributed by atoms with van der Waals surface area (Å²) in [6, 6.07) is 9.82. The number of anilines is 1. The number of nitrogens with zero attached hydrogens (tertiary/aromatic N) is 3. The molecule has 0 atom stereocenters. The third-order valence-corrected chi connectivity index (χ3v) is 4.32. The molecular formula is C13H16N4O3S. The molecule has 0 aliphatic heterocycles. The minimum atomic E-state index is -3.52. The van der Waals surface area contributed by atoms with Crippen LogP contribution >= 0.6 is 0 Å². The fourth-order valence-corrected chi connectivity index (χ4v) is 2.22. The lowest BCUT2D eigenvalue weighted by atomic mass is 10.1. The van der Waals surface area contributed by atoms with Crippen molar-refractivity contribution in [3.8, 4) is 11.3 Å². The average molecular weight is 308 g/mol. The van der Waals surface area contributed by atoms with Crippen LogP contribution in [0.1, 0.15) is 0 Å². The summed E-state index contributed by atoms with van der Waals surface area (Å²) in [7, 11) is 0.955. The highest BCUT2D eigenvalue weighted by Crippen LogP contribution is 2.19. The van der Waals surface area contributed by atoms with Gasteiger partial charge < -0.3 is 0 Å². The van der Waals surface area contributed by atoms with Gasteiger partial charge in [-0.2, -0.15) is 17.8 Å². The molecule has 0 saturated heterocycles. The molecule has 112 valence electrons. The van der Waals surface area contributed by atoms with Crippen LogP contribution in [-0.2, 0) is 17.3 Å². The van der Waals surface area contributed by atoms with Crippen LogP contribution in [0.5, 0.6) is 0 Å². The Bertz CT molecular complexity index is 795. The summed E-state index contributed by atoms with van der Waals surface area (Å²) in [6.45, 7) is 0. The van der Waals surface area contributed by atoms with E-state index in [1.165, 1.54) is 24.8 Å². The number of aryl methyl sites for hydroxylation is 1. The van der Waals surface area contributed by atoms with Gasteiger partial charge in [-0.3, -0.25) is 9.52 Å². The van der Waals surface area contributed by atoms with Gasteiger partial charge in [-0.15, -0.1) is 0 Å². The maximum Gasteiger partial charge on any atom is 0.301 e. The van der Waals surface area contributed by atoms with Crippen LogP contribution in [0.3, 0.4) is 0 Å². The van der Waals surface area contributed by atoms with E-state index in [9.17, 15) is 13.2 Å². The summed E-state index contributed by atoms with van der Waals surface area (Å²) >= 11 is 0. The number of benzene rings is 1. The number of hydrogen-bond donors (Lipinski definition) is 1. The molecule has 1 heterocycles. The molecule has 0 amide bonds. The molecule has 0 spiro atoms. The van der Waals surface area contributed by atoms with Crippen molar-refractivity contribution < 1.29 is 8.42 Å². The Morgan fingerprint density at radius 3 is 2.24 bits per heavy atom. The zero-order valence-corrected chi connectivity index (χ0v) is 12.8. The molecular weight excluding hydrogens is 292 g/mol. The maximum absolute atomic E-state index is 11.7. The van der Waals surface area contributed by atoms with Gasteiger partial charge >= 0.3 is 10.2 Å². The molecule has 1 aromatic carbocycles. The van der Waals surface area contributed by atoms with Gasteiger partial charge in [0.05, 0.1) is 5.69 Å². The van der Waals surface area contributed by atoms with E-state index in [1.54, 1.807) is 37.4 Å². The van der Waals surface area contributed by atoms with E-state index in [0.29, 0.717) is 11.4 Å². The zero-order chi connectivity index (χ0) is 15.6. The molecule has 1 N–H and O–H groups in total. The van der Waals surface area contributed by atoms with Crippen LogP contribution in [-0.4, -0.2) is 36.6 Å². The zero-order valence-electron chi connectivity index (χ0n) is 11.9. The van der Waals surface area contributed by atoms with E-state index in [0.717, 1.165) is 9.87 Å². The van der Waals surface area contributed by atoms with Crippen molar-refractivity contribution in [2.45, 2.75) is 0 Å². The summed E-state index contributed by atoms with van der Waals surface area (Å²) in [6.07, 6.45) is 0. The number of nitrogens with one attached hydrogen (secondary N) is 1. The molecule has 0 aliphatic carbocycles. The minimum Gasteiger partial charge on any atom is -0.271 e. The molecule has 0 fully saturated rings. The lowest BCUT2D eigenvalue weighted by Crippen LogP contribution is -2.28. The van der Waals surface area contributed by atoms with Gasteiger partial charge in [0.15, 0.2) is 0 Å². The van der Waals surface area contributed by atoms with E-state index in [-0.39, 0.29) is 5.56 Å². The van der Waals surface area contributed by atoms with Crippen LogP contribution in [0.25, 0.3) is 11.3 Å². The largest absolute Gasteiger partial charge is 0.301 e. The molecule has 8 heteroatoms. The molecule has 0 bridgehead atoms.